The van der Waals surface area contributed by atoms with Crippen LogP contribution in [-0.2, 0) is 11.2 Å². The molecule has 0 atom stereocenters. The molecule has 0 aliphatic rings. The van der Waals surface area contributed by atoms with Crippen LogP contribution in [0.5, 0.6) is 0 Å². The molecule has 0 spiro atoms. The van der Waals surface area contributed by atoms with Crippen LogP contribution in [-0.4, -0.2) is 27.2 Å². The Kier molecular flexibility index (Phi) is 3.56. The van der Waals surface area contributed by atoms with Crippen LogP contribution in [0.3, 0.4) is 0 Å². The highest BCUT2D eigenvalue weighted by Crippen LogP contribution is 2.12. The SMILES string of the molecule is O=C(Cc1ccccc1F)Nc1[nH]ncc1C(=O)O. The summed E-state index contributed by atoms with van der Waals surface area (Å²) in [6.07, 6.45) is 0.895. The van der Waals surface area contributed by atoms with Crippen LogP contribution in [0.4, 0.5) is 10.2 Å². The fourth-order valence-corrected chi connectivity index (χ4v) is 1.54. The zero-order valence-corrected chi connectivity index (χ0v) is 9.68. The molecule has 0 unspecified atom stereocenters. The highest BCUT2D eigenvalue weighted by Gasteiger charge is 2.15. The second-order valence-corrected chi connectivity index (χ2v) is 3.78. The molecule has 2 rings (SSSR count). The summed E-state index contributed by atoms with van der Waals surface area (Å²) >= 11 is 0. The number of nitrogens with zero attached hydrogens (tertiary/aromatic N) is 1. The number of hydrogen-bond acceptors (Lipinski definition) is 3. The molecule has 0 aliphatic carbocycles. The van der Waals surface area contributed by atoms with E-state index in [9.17, 15) is 14.0 Å². The molecule has 6 nitrogen and oxygen atoms in total. The number of carbonyl (C=O) groups is 2. The molecule has 7 heteroatoms. The maximum atomic E-state index is 13.3. The summed E-state index contributed by atoms with van der Waals surface area (Å²) in [5, 5.41) is 17.1. The minimum absolute atomic E-state index is 0.0196. The van der Waals surface area contributed by atoms with Crippen LogP contribution in [0.15, 0.2) is 30.5 Å². The first-order valence-corrected chi connectivity index (χ1v) is 5.38. The first-order chi connectivity index (χ1) is 9.08. The highest BCUT2D eigenvalue weighted by molar-refractivity contribution is 5.99. The Morgan fingerprint density at radius 1 is 1.37 bits per heavy atom. The predicted octanol–water partition coefficient (Wildman–Crippen LogP) is 1.43. The summed E-state index contributed by atoms with van der Waals surface area (Å²) in [6, 6.07) is 5.88. The summed E-state index contributed by atoms with van der Waals surface area (Å²) in [5.74, 6) is -2.25. The van der Waals surface area contributed by atoms with E-state index in [0.29, 0.717) is 0 Å². The Bertz CT molecular complexity index is 624. The van der Waals surface area contributed by atoms with E-state index in [4.69, 9.17) is 5.11 Å². The molecule has 19 heavy (non-hydrogen) atoms. The van der Waals surface area contributed by atoms with Gasteiger partial charge in [0.05, 0.1) is 12.6 Å². The van der Waals surface area contributed by atoms with Crippen molar-refractivity contribution in [3.63, 3.8) is 0 Å². The van der Waals surface area contributed by atoms with E-state index in [1.165, 1.54) is 18.2 Å². The first-order valence-electron chi connectivity index (χ1n) is 5.38. The number of anilines is 1. The van der Waals surface area contributed by atoms with E-state index in [2.05, 4.69) is 15.5 Å². The molecule has 0 fully saturated rings. The summed E-state index contributed by atoms with van der Waals surface area (Å²) in [7, 11) is 0. The summed E-state index contributed by atoms with van der Waals surface area (Å²) in [4.78, 5) is 22.5. The van der Waals surface area contributed by atoms with Gasteiger partial charge in [-0.1, -0.05) is 18.2 Å². The number of halogens is 1. The number of hydrogen-bond donors (Lipinski definition) is 3. The molecule has 1 amide bonds. The number of rotatable bonds is 4. The van der Waals surface area contributed by atoms with Crippen molar-refractivity contribution in [3.8, 4) is 0 Å². The molecule has 0 saturated carbocycles. The summed E-state index contributed by atoms with van der Waals surface area (Å²) < 4.78 is 13.3. The second-order valence-electron chi connectivity index (χ2n) is 3.78. The van der Waals surface area contributed by atoms with Crippen molar-refractivity contribution in [1.82, 2.24) is 10.2 Å². The number of carboxylic acids is 1. The lowest BCUT2D eigenvalue weighted by molar-refractivity contribution is -0.115. The van der Waals surface area contributed by atoms with Crippen molar-refractivity contribution < 1.29 is 19.1 Å². The van der Waals surface area contributed by atoms with Gasteiger partial charge >= 0.3 is 5.97 Å². The summed E-state index contributed by atoms with van der Waals surface area (Å²) in [6.45, 7) is 0. The Hall–Kier alpha value is -2.70. The van der Waals surface area contributed by atoms with Crippen LogP contribution in [0.1, 0.15) is 15.9 Å². The van der Waals surface area contributed by atoms with Gasteiger partial charge in [-0.05, 0) is 11.6 Å². The van der Waals surface area contributed by atoms with Gasteiger partial charge in [-0.2, -0.15) is 5.10 Å². The average molecular weight is 263 g/mol. The van der Waals surface area contributed by atoms with Crippen molar-refractivity contribution in [2.45, 2.75) is 6.42 Å². The topological polar surface area (TPSA) is 95.1 Å². The molecule has 1 aromatic heterocycles. The molecular weight excluding hydrogens is 253 g/mol. The van der Waals surface area contributed by atoms with Crippen LogP contribution in [0.25, 0.3) is 0 Å². The number of carboxylic acid groups (broad SMARTS) is 1. The summed E-state index contributed by atoms with van der Waals surface area (Å²) in [5.41, 5.74) is 0.0817. The number of nitrogens with one attached hydrogen (secondary N) is 2. The van der Waals surface area contributed by atoms with Crippen molar-refractivity contribution in [1.29, 1.82) is 0 Å². The van der Waals surface area contributed by atoms with Gasteiger partial charge in [-0.25, -0.2) is 9.18 Å². The van der Waals surface area contributed by atoms with E-state index < -0.39 is 17.7 Å². The Morgan fingerprint density at radius 2 is 2.11 bits per heavy atom. The van der Waals surface area contributed by atoms with Crippen molar-refractivity contribution in [2.75, 3.05) is 5.32 Å². The highest BCUT2D eigenvalue weighted by atomic mass is 19.1. The first kappa shape index (κ1) is 12.7. The van der Waals surface area contributed by atoms with Crippen molar-refractivity contribution in [2.24, 2.45) is 0 Å². The molecular formula is C12H10FN3O3. The zero-order valence-electron chi connectivity index (χ0n) is 9.68. The number of aromatic carboxylic acids is 1. The predicted molar refractivity (Wildman–Crippen MR) is 64.3 cm³/mol. The molecule has 0 saturated heterocycles. The van der Waals surface area contributed by atoms with Gasteiger partial charge in [0, 0.05) is 0 Å². The number of benzene rings is 1. The Morgan fingerprint density at radius 3 is 2.79 bits per heavy atom. The quantitative estimate of drug-likeness (QED) is 0.777. The zero-order chi connectivity index (χ0) is 13.8. The lowest BCUT2D eigenvalue weighted by Crippen LogP contribution is -2.17. The lowest BCUT2D eigenvalue weighted by Gasteiger charge is -2.04. The monoisotopic (exact) mass is 263 g/mol. The van der Waals surface area contributed by atoms with E-state index in [1.807, 2.05) is 0 Å². The molecule has 3 N–H and O–H groups in total. The number of aromatic nitrogens is 2. The molecule has 1 aromatic carbocycles. The maximum Gasteiger partial charge on any atom is 0.341 e. The lowest BCUT2D eigenvalue weighted by atomic mass is 10.1. The molecule has 0 radical (unpaired) electrons. The third-order valence-corrected chi connectivity index (χ3v) is 2.44. The number of carbonyl (C=O) groups excluding carboxylic acids is 1. The van der Waals surface area contributed by atoms with Crippen LogP contribution >= 0.6 is 0 Å². The molecule has 98 valence electrons. The molecule has 2 aromatic rings. The van der Waals surface area contributed by atoms with E-state index in [-0.39, 0.29) is 23.4 Å². The second kappa shape index (κ2) is 5.30. The standard InChI is InChI=1S/C12H10FN3O3/c13-9-4-2-1-3-7(9)5-10(17)15-11-8(12(18)19)6-14-16-11/h1-4,6H,5H2,(H,18,19)(H2,14,15,16,17). The van der Waals surface area contributed by atoms with Crippen LogP contribution in [0.2, 0.25) is 0 Å². The fourth-order valence-electron chi connectivity index (χ4n) is 1.54. The van der Waals surface area contributed by atoms with Gasteiger partial charge in [0.15, 0.2) is 0 Å². The molecule has 1 heterocycles. The number of aromatic amines is 1. The molecule has 0 aliphatic heterocycles. The third kappa shape index (κ3) is 2.95. The average Bonchev–Trinajstić information content (AvgIpc) is 2.80. The van der Waals surface area contributed by atoms with Gasteiger partial charge in [0.1, 0.15) is 17.2 Å². The largest absolute Gasteiger partial charge is 0.477 e. The van der Waals surface area contributed by atoms with E-state index >= 15 is 0 Å². The fraction of sp³-hybridized carbons (Fsp3) is 0.0833. The van der Waals surface area contributed by atoms with Gasteiger partial charge in [-0.15, -0.1) is 0 Å². The van der Waals surface area contributed by atoms with Crippen molar-refractivity contribution in [3.05, 3.63) is 47.4 Å². The minimum Gasteiger partial charge on any atom is -0.477 e. The van der Waals surface area contributed by atoms with Gasteiger partial charge in [-0.3, -0.25) is 9.89 Å². The van der Waals surface area contributed by atoms with Crippen LogP contribution in [0, 0.1) is 5.82 Å². The van der Waals surface area contributed by atoms with Gasteiger partial charge < -0.3 is 10.4 Å². The van der Waals surface area contributed by atoms with Gasteiger partial charge in [0.2, 0.25) is 5.91 Å². The minimum atomic E-state index is -1.21. The van der Waals surface area contributed by atoms with Crippen molar-refractivity contribution >= 4 is 17.7 Å². The third-order valence-electron chi connectivity index (χ3n) is 2.44. The number of amides is 1. The smallest absolute Gasteiger partial charge is 0.341 e. The Balaban J connectivity index is 2.08. The molecule has 0 bridgehead atoms. The van der Waals surface area contributed by atoms with E-state index in [0.717, 1.165) is 6.20 Å². The number of H-pyrrole nitrogens is 1. The Labute approximate surface area is 107 Å². The van der Waals surface area contributed by atoms with Crippen LogP contribution < -0.4 is 5.32 Å². The maximum absolute atomic E-state index is 13.3. The van der Waals surface area contributed by atoms with E-state index in [1.54, 1.807) is 6.07 Å². The van der Waals surface area contributed by atoms with Gasteiger partial charge in [0.25, 0.3) is 0 Å². The normalized spacial score (nSPS) is 10.2.